The number of rotatable bonds is 2. The second kappa shape index (κ2) is 5.27. The zero-order valence-corrected chi connectivity index (χ0v) is 18.0. The molecule has 0 atom stereocenters. The molecule has 2 rings (SSSR count). The molecule has 0 amide bonds. The third-order valence-electron chi connectivity index (χ3n) is 2.70. The van der Waals surface area contributed by atoms with Crippen LogP contribution < -0.4 is 0.848 Å². The van der Waals surface area contributed by atoms with E-state index in [1.165, 1.54) is 0 Å². The van der Waals surface area contributed by atoms with E-state index in [1.54, 1.807) is 0 Å². The third-order valence-corrected chi connectivity index (χ3v) is 4.80. The maximum atomic E-state index is 4.53. The summed E-state index contributed by atoms with van der Waals surface area (Å²) >= 11 is 0.293. The molecular formula is C12H13N3Ra. The van der Waals surface area contributed by atoms with E-state index in [9.17, 15) is 0 Å². The number of aromatic nitrogens is 1. The summed E-state index contributed by atoms with van der Waals surface area (Å²) in [5.74, 6) is 0.992. The zero-order valence-electron chi connectivity index (χ0n) is 9.78. The van der Waals surface area contributed by atoms with Crippen molar-refractivity contribution in [2.45, 2.75) is 6.92 Å². The molecule has 1 N–H and O–H groups in total. The molecule has 0 spiro atoms. The minimum atomic E-state index is 0.293. The third kappa shape index (κ3) is 2.45. The van der Waals surface area contributed by atoms with Gasteiger partial charge < -0.3 is 0 Å². The summed E-state index contributed by atoms with van der Waals surface area (Å²) in [6.07, 6.45) is 0. The van der Waals surface area contributed by atoms with Gasteiger partial charge in [0.2, 0.25) is 0 Å². The molecule has 16 heavy (non-hydrogen) atoms. The van der Waals surface area contributed by atoms with E-state index in [0.717, 1.165) is 28.0 Å². The van der Waals surface area contributed by atoms with Crippen LogP contribution in [0, 0.1) is 43.2 Å². The standard InChI is InChI=1S/C12H12N3.Ra.H/c1-8(14-2)9-3-5-11-10(7-9)4-6-12(13)15-11;;/h3-7H,1-2H3,(H-,13,15);;/q-1;+1;/b14-8+;;. The van der Waals surface area contributed by atoms with Gasteiger partial charge in [0.25, 0.3) is 0 Å². The van der Waals surface area contributed by atoms with Gasteiger partial charge in [0.15, 0.2) is 0 Å². The Bertz CT molecular complexity index is 549. The topological polar surface area (TPSA) is 37.3 Å². The van der Waals surface area contributed by atoms with Crippen LogP contribution in [0.25, 0.3) is 10.9 Å². The van der Waals surface area contributed by atoms with Crippen LogP contribution >= 0.6 is 0 Å². The molecule has 1 aromatic heterocycles. The molecule has 2 aromatic rings. The van der Waals surface area contributed by atoms with Crippen molar-refractivity contribution in [1.29, 1.82) is 0 Å². The van der Waals surface area contributed by atoms with Gasteiger partial charge in [-0.15, -0.1) is 0 Å². The van der Waals surface area contributed by atoms with Crippen LogP contribution in [0.4, 0.5) is 5.82 Å². The quantitative estimate of drug-likeness (QED) is 0.750. The molecule has 78 valence electrons. The summed E-state index contributed by atoms with van der Waals surface area (Å²) in [5.41, 5.74) is 3.25. The number of nitrogens with one attached hydrogen (secondary N) is 1. The summed E-state index contributed by atoms with van der Waals surface area (Å²) in [4.78, 5) is 8.72. The fraction of sp³-hybridized carbons (Fsp3) is 0.167. The Morgan fingerprint density at radius 3 is 2.81 bits per heavy atom. The number of anilines is 1. The predicted octanol–water partition coefficient (Wildman–Crippen LogP) is 2.28. The molecule has 0 aliphatic carbocycles. The van der Waals surface area contributed by atoms with Crippen molar-refractivity contribution >= 4 is 22.4 Å². The average Bonchev–Trinajstić information content (AvgIpc) is 2.36. The van der Waals surface area contributed by atoms with Crippen LogP contribution in [-0.4, -0.2) is 17.7 Å². The molecule has 3 nitrogen and oxygen atoms in total. The van der Waals surface area contributed by atoms with Gasteiger partial charge in [-0.25, -0.2) is 0 Å². The number of benzene rings is 1. The molecule has 0 unspecified atom stereocenters. The Labute approximate surface area is 125 Å². The van der Waals surface area contributed by atoms with Gasteiger partial charge in [0, 0.05) is 0 Å². The van der Waals surface area contributed by atoms with Crippen LogP contribution in [-0.2, 0) is 0 Å². The van der Waals surface area contributed by atoms with Crippen molar-refractivity contribution in [2.75, 3.05) is 7.90 Å². The van der Waals surface area contributed by atoms with Gasteiger partial charge >= 0.3 is 126 Å². The van der Waals surface area contributed by atoms with Gasteiger partial charge in [0.05, 0.1) is 0 Å². The summed E-state index contributed by atoms with van der Waals surface area (Å²) in [7, 11) is 1.82. The van der Waals surface area contributed by atoms with Crippen molar-refractivity contribution in [2.24, 2.45) is 4.99 Å². The van der Waals surface area contributed by atoms with Gasteiger partial charge in [-0.1, -0.05) is 0 Å². The monoisotopic (exact) mass is 425 g/mol. The summed E-state index contributed by atoms with van der Waals surface area (Å²) in [5, 5.41) is 1.16. The first kappa shape index (κ1) is 12.0. The molecule has 0 aliphatic rings. The first-order valence-electron chi connectivity index (χ1n) is 5.27. The molecule has 1 heterocycles. The Hall–Kier alpha value is -0.432. The number of hydrogen-bond acceptors (Lipinski definition) is 3. The minimum absolute atomic E-state index is 0.293. The van der Waals surface area contributed by atoms with Crippen LogP contribution in [0.5, 0.6) is 0 Å². The molecule has 0 fully saturated rings. The summed E-state index contributed by atoms with van der Waals surface area (Å²) in [6, 6.07) is 10.4. The Kier molecular flexibility index (Phi) is 3.96. The molecule has 0 radical (unpaired) electrons. The number of pyridine rings is 1. The van der Waals surface area contributed by atoms with Crippen molar-refractivity contribution in [3.63, 3.8) is 0 Å². The summed E-state index contributed by atoms with van der Waals surface area (Å²) < 4.78 is 3.26. The van der Waals surface area contributed by atoms with Gasteiger partial charge in [-0.2, -0.15) is 0 Å². The van der Waals surface area contributed by atoms with E-state index in [1.807, 2.05) is 20.0 Å². The van der Waals surface area contributed by atoms with Crippen LogP contribution in [0.1, 0.15) is 12.5 Å². The van der Waals surface area contributed by atoms with Crippen molar-refractivity contribution < 1.29 is 43.2 Å². The maximum absolute atomic E-state index is 4.53. The average molecular weight is 425 g/mol. The molecule has 1 aromatic carbocycles. The Balaban J connectivity index is 2.56. The van der Waals surface area contributed by atoms with Crippen LogP contribution in [0.15, 0.2) is 35.3 Å². The van der Waals surface area contributed by atoms with Crippen molar-refractivity contribution in [3.8, 4) is 0 Å². The number of fused-ring (bicyclic) bond motifs is 1. The Morgan fingerprint density at radius 1 is 1.31 bits per heavy atom. The van der Waals surface area contributed by atoms with Crippen LogP contribution in [0.2, 0.25) is 0 Å². The zero-order chi connectivity index (χ0) is 11.5. The second-order valence-electron chi connectivity index (χ2n) is 3.66. The molecule has 0 saturated carbocycles. The number of nitrogens with zero attached hydrogens (tertiary/aromatic N) is 2. The summed E-state index contributed by atoms with van der Waals surface area (Å²) in [6.45, 7) is 2.02. The van der Waals surface area contributed by atoms with Crippen LogP contribution in [0.3, 0.4) is 0 Å². The SMILES string of the molecule is C/N=C(\C)c1ccc2nc([NH][RaH])ccc2c1. The van der Waals surface area contributed by atoms with E-state index in [2.05, 4.69) is 35.1 Å². The van der Waals surface area contributed by atoms with Gasteiger partial charge in [0.1, 0.15) is 0 Å². The van der Waals surface area contributed by atoms with Crippen molar-refractivity contribution in [3.05, 3.63) is 35.9 Å². The van der Waals surface area contributed by atoms with E-state index < -0.39 is 0 Å². The fourth-order valence-electron chi connectivity index (χ4n) is 1.62. The molecule has 4 heteroatoms. The van der Waals surface area contributed by atoms with Gasteiger partial charge in [-0.3, -0.25) is 0 Å². The van der Waals surface area contributed by atoms with E-state index in [4.69, 9.17) is 0 Å². The van der Waals surface area contributed by atoms with Gasteiger partial charge in [-0.05, 0) is 0 Å². The Morgan fingerprint density at radius 2 is 2.12 bits per heavy atom. The molecular weight excluding hydrogens is 412 g/mol. The number of aliphatic imine (C=N–C) groups is 1. The van der Waals surface area contributed by atoms with E-state index in [0.29, 0.717) is 43.2 Å². The van der Waals surface area contributed by atoms with E-state index >= 15 is 0 Å². The van der Waals surface area contributed by atoms with E-state index in [-0.39, 0.29) is 0 Å². The molecule has 0 aliphatic heterocycles. The predicted molar refractivity (Wildman–Crippen MR) is 64.9 cm³/mol. The first-order valence-corrected chi connectivity index (χ1v) is 9.38. The fourth-order valence-corrected chi connectivity index (χ4v) is 2.76. The van der Waals surface area contributed by atoms with Crippen molar-refractivity contribution in [1.82, 2.24) is 4.98 Å². The molecule has 0 bridgehead atoms. The first-order chi connectivity index (χ1) is 7.74. The number of hydrogen-bond donors (Lipinski definition) is 1. The second-order valence-corrected chi connectivity index (χ2v) is 5.72. The molecule has 0 saturated heterocycles. The normalized spacial score (nSPS) is 11.7.